The zero-order chi connectivity index (χ0) is 24.8. The highest BCUT2D eigenvalue weighted by molar-refractivity contribution is 8.00. The van der Waals surface area contributed by atoms with Crippen molar-refractivity contribution in [3.63, 3.8) is 0 Å². The summed E-state index contributed by atoms with van der Waals surface area (Å²) in [7, 11) is -3.67. The van der Waals surface area contributed by atoms with Crippen LogP contribution in [0, 0.1) is 5.82 Å². The fraction of sp³-hybridized carbons (Fsp3) is 0.160. The van der Waals surface area contributed by atoms with E-state index >= 15 is 0 Å². The first-order chi connectivity index (χ1) is 16.9. The topological polar surface area (TPSA) is 93.9 Å². The molecule has 0 aliphatic heterocycles. The van der Waals surface area contributed by atoms with E-state index in [0.717, 1.165) is 0 Å². The first-order valence-corrected chi connectivity index (χ1v) is 13.4. The highest BCUT2D eigenvalue weighted by atomic mass is 32.2. The van der Waals surface area contributed by atoms with Crippen molar-refractivity contribution in [1.29, 1.82) is 0 Å². The molecule has 1 amide bonds. The molecule has 0 fully saturated rings. The minimum atomic E-state index is -3.67. The fourth-order valence-electron chi connectivity index (χ4n) is 3.39. The van der Waals surface area contributed by atoms with Gasteiger partial charge in [0.15, 0.2) is 20.8 Å². The Hall–Kier alpha value is -3.50. The lowest BCUT2D eigenvalue weighted by molar-refractivity contribution is -0.115. The van der Waals surface area contributed by atoms with Crippen molar-refractivity contribution in [2.45, 2.75) is 34.4 Å². The zero-order valence-electron chi connectivity index (χ0n) is 18.8. The predicted molar refractivity (Wildman–Crippen MR) is 134 cm³/mol. The van der Waals surface area contributed by atoms with Crippen molar-refractivity contribution in [2.75, 3.05) is 5.32 Å². The molecule has 4 rings (SSSR count). The second-order valence-electron chi connectivity index (χ2n) is 7.65. The molecular formula is C25H23FN4O3S2. The Kier molecular flexibility index (Phi) is 7.62. The summed E-state index contributed by atoms with van der Waals surface area (Å²) in [6.07, 6.45) is 0.483. The molecule has 10 heteroatoms. The summed E-state index contributed by atoms with van der Waals surface area (Å²) in [6, 6.07) is 22.9. The molecule has 0 saturated carbocycles. The smallest absolute Gasteiger partial charge is 0.237 e. The van der Waals surface area contributed by atoms with Gasteiger partial charge in [-0.2, -0.15) is 0 Å². The molecule has 1 unspecified atom stereocenters. The number of hydrogen-bond acceptors (Lipinski definition) is 6. The maximum Gasteiger partial charge on any atom is 0.237 e. The van der Waals surface area contributed by atoms with Crippen LogP contribution in [0.15, 0.2) is 95.0 Å². The first-order valence-electron chi connectivity index (χ1n) is 10.9. The number of aromatic nitrogens is 3. The number of carbonyl (C=O) groups excluding carboxylic acids is 1. The second kappa shape index (κ2) is 10.8. The summed E-state index contributed by atoms with van der Waals surface area (Å²) in [5.41, 5.74) is 1.17. The van der Waals surface area contributed by atoms with Gasteiger partial charge in [0.1, 0.15) is 11.6 Å². The molecular weight excluding hydrogens is 487 g/mol. The van der Waals surface area contributed by atoms with E-state index in [2.05, 4.69) is 15.5 Å². The number of nitrogens with zero attached hydrogens (tertiary/aromatic N) is 3. The van der Waals surface area contributed by atoms with Gasteiger partial charge in [0, 0.05) is 11.4 Å². The Morgan fingerprint density at radius 2 is 1.60 bits per heavy atom. The second-order valence-corrected chi connectivity index (χ2v) is 10.8. The summed E-state index contributed by atoms with van der Waals surface area (Å²) in [4.78, 5) is 13.1. The van der Waals surface area contributed by atoms with Crippen LogP contribution in [0.5, 0.6) is 0 Å². The summed E-state index contributed by atoms with van der Waals surface area (Å²) >= 11 is 1.19. The fourth-order valence-corrected chi connectivity index (χ4v) is 5.65. The van der Waals surface area contributed by atoms with Crippen molar-refractivity contribution < 1.29 is 17.6 Å². The number of anilines is 1. The number of amides is 1. The number of halogens is 1. The maximum atomic E-state index is 13.2. The average molecular weight is 511 g/mol. The largest absolute Gasteiger partial charge is 0.325 e. The number of thioether (sulfide) groups is 1. The van der Waals surface area contributed by atoms with E-state index in [1.807, 2.05) is 37.3 Å². The third kappa shape index (κ3) is 5.95. The SMILES string of the molecule is CCC(Sc1nnc(CS(=O)(=O)c2ccccc2)n1-c1ccccc1)C(=O)Nc1ccc(F)cc1. The van der Waals surface area contributed by atoms with Gasteiger partial charge in [0.2, 0.25) is 5.91 Å². The van der Waals surface area contributed by atoms with Crippen molar-refractivity contribution >= 4 is 33.2 Å². The minimum absolute atomic E-state index is 0.196. The molecule has 1 N–H and O–H groups in total. The monoisotopic (exact) mass is 510 g/mol. The average Bonchev–Trinajstić information content (AvgIpc) is 3.26. The molecule has 0 spiro atoms. The number of carbonyl (C=O) groups is 1. The van der Waals surface area contributed by atoms with Crippen LogP contribution < -0.4 is 5.32 Å². The van der Waals surface area contributed by atoms with Crippen LogP contribution in [0.2, 0.25) is 0 Å². The Balaban J connectivity index is 1.63. The Labute approximate surface area is 207 Å². The van der Waals surface area contributed by atoms with Gasteiger partial charge in [-0.15, -0.1) is 10.2 Å². The van der Waals surface area contributed by atoms with Crippen LogP contribution in [0.4, 0.5) is 10.1 Å². The molecule has 0 saturated heterocycles. The molecule has 0 aliphatic carbocycles. The van der Waals surface area contributed by atoms with E-state index in [1.165, 1.54) is 36.0 Å². The van der Waals surface area contributed by atoms with Crippen molar-refractivity contribution in [3.8, 4) is 5.69 Å². The number of sulfone groups is 1. The molecule has 1 heterocycles. The van der Waals surface area contributed by atoms with E-state index in [9.17, 15) is 17.6 Å². The summed E-state index contributed by atoms with van der Waals surface area (Å²) in [5, 5.41) is 11.1. The molecule has 35 heavy (non-hydrogen) atoms. The van der Waals surface area contributed by atoms with E-state index in [0.29, 0.717) is 23.0 Å². The van der Waals surface area contributed by atoms with Gasteiger partial charge in [-0.05, 0) is 55.0 Å². The van der Waals surface area contributed by atoms with E-state index < -0.39 is 20.9 Å². The molecule has 0 bridgehead atoms. The van der Waals surface area contributed by atoms with Crippen molar-refractivity contribution in [2.24, 2.45) is 0 Å². The Bertz CT molecular complexity index is 1390. The molecule has 7 nitrogen and oxygen atoms in total. The van der Waals surface area contributed by atoms with E-state index in [-0.39, 0.29) is 22.4 Å². The van der Waals surface area contributed by atoms with Gasteiger partial charge in [0.05, 0.1) is 10.1 Å². The van der Waals surface area contributed by atoms with Gasteiger partial charge in [0.25, 0.3) is 0 Å². The zero-order valence-corrected chi connectivity index (χ0v) is 20.5. The number of benzene rings is 3. The molecule has 180 valence electrons. The maximum absolute atomic E-state index is 13.2. The van der Waals surface area contributed by atoms with Gasteiger partial charge in [-0.1, -0.05) is 55.1 Å². The molecule has 1 atom stereocenters. The van der Waals surface area contributed by atoms with Gasteiger partial charge in [-0.25, -0.2) is 12.8 Å². The van der Waals surface area contributed by atoms with Crippen LogP contribution in [0.3, 0.4) is 0 Å². The highest BCUT2D eigenvalue weighted by Crippen LogP contribution is 2.29. The molecule has 0 aliphatic rings. The standard InChI is InChI=1S/C25H23FN4O3S2/c1-2-22(24(31)27-19-15-13-18(26)14-16-19)34-25-29-28-23(30(25)20-9-5-3-6-10-20)17-35(32,33)21-11-7-4-8-12-21/h3-16,22H,2,17H2,1H3,(H,27,31). The number of hydrogen-bond donors (Lipinski definition) is 1. The Morgan fingerprint density at radius 1 is 0.971 bits per heavy atom. The van der Waals surface area contributed by atoms with Gasteiger partial charge >= 0.3 is 0 Å². The number of nitrogens with one attached hydrogen (secondary N) is 1. The quantitative estimate of drug-likeness (QED) is 0.322. The molecule has 1 aromatic heterocycles. The van der Waals surface area contributed by atoms with E-state index in [1.54, 1.807) is 34.9 Å². The van der Waals surface area contributed by atoms with Crippen molar-refractivity contribution in [3.05, 3.63) is 96.6 Å². The lowest BCUT2D eigenvalue weighted by atomic mass is 10.2. The lowest BCUT2D eigenvalue weighted by Crippen LogP contribution is -2.25. The Morgan fingerprint density at radius 3 is 2.23 bits per heavy atom. The summed E-state index contributed by atoms with van der Waals surface area (Å²) < 4.78 is 40.9. The number of para-hydroxylation sites is 1. The van der Waals surface area contributed by atoms with Crippen LogP contribution >= 0.6 is 11.8 Å². The minimum Gasteiger partial charge on any atom is -0.325 e. The predicted octanol–water partition coefficient (Wildman–Crippen LogP) is 4.89. The van der Waals surface area contributed by atoms with Crippen LogP contribution in [-0.4, -0.2) is 34.3 Å². The summed E-state index contributed by atoms with van der Waals surface area (Å²) in [6.45, 7) is 1.87. The van der Waals surface area contributed by atoms with Crippen molar-refractivity contribution in [1.82, 2.24) is 14.8 Å². The third-order valence-corrected chi connectivity index (χ3v) is 8.09. The van der Waals surface area contributed by atoms with Crippen LogP contribution in [0.25, 0.3) is 5.69 Å². The van der Waals surface area contributed by atoms with Gasteiger partial charge in [-0.3, -0.25) is 9.36 Å². The van der Waals surface area contributed by atoms with Crippen LogP contribution in [0.1, 0.15) is 19.2 Å². The lowest BCUT2D eigenvalue weighted by Gasteiger charge is -2.16. The molecule has 4 aromatic rings. The third-order valence-electron chi connectivity index (χ3n) is 5.16. The highest BCUT2D eigenvalue weighted by Gasteiger charge is 2.26. The molecule has 0 radical (unpaired) electrons. The normalized spacial score (nSPS) is 12.3. The molecule has 3 aromatic carbocycles. The number of rotatable bonds is 9. The first kappa shape index (κ1) is 24.6. The van der Waals surface area contributed by atoms with E-state index in [4.69, 9.17) is 0 Å². The van der Waals surface area contributed by atoms with Crippen LogP contribution in [-0.2, 0) is 20.4 Å². The summed E-state index contributed by atoms with van der Waals surface area (Å²) in [5.74, 6) is -0.766. The van der Waals surface area contributed by atoms with Gasteiger partial charge < -0.3 is 5.32 Å².